The standard InChI is InChI=1S/C9H6FNO4/c1-11-6-3-4(8(12)13)2-5(10)7(6)15-9(11)14/h2-3H,1H3,(H,12,13). The molecule has 0 unspecified atom stereocenters. The predicted octanol–water partition coefficient (Wildman–Crippen LogP) is 0.969. The maximum absolute atomic E-state index is 13.3. The highest BCUT2D eigenvalue weighted by molar-refractivity contribution is 5.92. The quantitative estimate of drug-likeness (QED) is 0.762. The number of rotatable bonds is 1. The van der Waals surface area contributed by atoms with E-state index in [1.54, 1.807) is 0 Å². The summed E-state index contributed by atoms with van der Waals surface area (Å²) in [5.41, 5.74) is -0.332. The van der Waals surface area contributed by atoms with E-state index >= 15 is 0 Å². The lowest BCUT2D eigenvalue weighted by Crippen LogP contribution is -2.08. The van der Waals surface area contributed by atoms with Crippen LogP contribution < -0.4 is 5.76 Å². The molecule has 0 aliphatic carbocycles. The summed E-state index contributed by atoms with van der Waals surface area (Å²) < 4.78 is 18.9. The van der Waals surface area contributed by atoms with Gasteiger partial charge in [0.25, 0.3) is 0 Å². The van der Waals surface area contributed by atoms with Crippen LogP contribution in [0.1, 0.15) is 10.4 Å². The molecule has 5 nitrogen and oxygen atoms in total. The fourth-order valence-corrected chi connectivity index (χ4v) is 1.31. The SMILES string of the molecule is Cn1c(=O)oc2c(F)cc(C(=O)O)cc21. The van der Waals surface area contributed by atoms with Gasteiger partial charge in [0, 0.05) is 7.05 Å². The lowest BCUT2D eigenvalue weighted by molar-refractivity contribution is 0.0696. The Balaban J connectivity index is 2.91. The van der Waals surface area contributed by atoms with E-state index in [2.05, 4.69) is 4.42 Å². The molecule has 0 aliphatic rings. The molecule has 6 heteroatoms. The number of hydrogen-bond donors (Lipinski definition) is 1. The zero-order valence-corrected chi connectivity index (χ0v) is 7.65. The molecular weight excluding hydrogens is 205 g/mol. The van der Waals surface area contributed by atoms with E-state index < -0.39 is 17.5 Å². The van der Waals surface area contributed by atoms with Crippen molar-refractivity contribution in [3.63, 3.8) is 0 Å². The Morgan fingerprint density at radius 1 is 1.53 bits per heavy atom. The van der Waals surface area contributed by atoms with Crippen molar-refractivity contribution in [2.75, 3.05) is 0 Å². The van der Waals surface area contributed by atoms with E-state index in [0.717, 1.165) is 10.6 Å². The fraction of sp³-hybridized carbons (Fsp3) is 0.111. The Morgan fingerprint density at radius 3 is 2.80 bits per heavy atom. The highest BCUT2D eigenvalue weighted by Crippen LogP contribution is 2.18. The van der Waals surface area contributed by atoms with Gasteiger partial charge in [-0.3, -0.25) is 4.57 Å². The van der Waals surface area contributed by atoms with Crippen molar-refractivity contribution in [1.29, 1.82) is 0 Å². The molecule has 0 atom stereocenters. The smallest absolute Gasteiger partial charge is 0.419 e. The van der Waals surface area contributed by atoms with Gasteiger partial charge in [-0.1, -0.05) is 0 Å². The summed E-state index contributed by atoms with van der Waals surface area (Å²) in [7, 11) is 1.37. The number of aromatic carboxylic acids is 1. The van der Waals surface area contributed by atoms with Crippen LogP contribution in [0, 0.1) is 5.82 Å². The molecule has 0 bridgehead atoms. The lowest BCUT2D eigenvalue weighted by atomic mass is 10.2. The van der Waals surface area contributed by atoms with E-state index in [0.29, 0.717) is 0 Å². The van der Waals surface area contributed by atoms with Gasteiger partial charge in [-0.25, -0.2) is 14.0 Å². The Morgan fingerprint density at radius 2 is 2.20 bits per heavy atom. The topological polar surface area (TPSA) is 72.4 Å². The molecular formula is C9H6FNO4. The molecule has 2 rings (SSSR count). The number of halogens is 1. The Labute approximate surface area is 82.3 Å². The molecule has 1 aromatic carbocycles. The van der Waals surface area contributed by atoms with Crippen LogP contribution in [0.5, 0.6) is 0 Å². The minimum Gasteiger partial charge on any atom is -0.478 e. The zero-order chi connectivity index (χ0) is 11.2. The van der Waals surface area contributed by atoms with E-state index in [-0.39, 0.29) is 16.7 Å². The highest BCUT2D eigenvalue weighted by atomic mass is 19.1. The molecule has 0 spiro atoms. The summed E-state index contributed by atoms with van der Waals surface area (Å²) in [6, 6.07) is 2.00. The maximum Gasteiger partial charge on any atom is 0.419 e. The van der Waals surface area contributed by atoms with Crippen molar-refractivity contribution in [2.45, 2.75) is 0 Å². The van der Waals surface area contributed by atoms with Gasteiger partial charge < -0.3 is 9.52 Å². The third kappa shape index (κ3) is 1.30. The first kappa shape index (κ1) is 9.45. The second-order valence-electron chi connectivity index (χ2n) is 3.04. The van der Waals surface area contributed by atoms with E-state index in [9.17, 15) is 14.0 Å². The number of benzene rings is 1. The number of fused-ring (bicyclic) bond motifs is 1. The second kappa shape index (κ2) is 2.94. The normalized spacial score (nSPS) is 10.8. The lowest BCUT2D eigenvalue weighted by Gasteiger charge is -1.96. The summed E-state index contributed by atoms with van der Waals surface area (Å²) in [4.78, 5) is 21.7. The van der Waals surface area contributed by atoms with Gasteiger partial charge in [-0.05, 0) is 12.1 Å². The minimum atomic E-state index is -1.26. The third-order valence-corrected chi connectivity index (χ3v) is 2.10. The number of carbonyl (C=O) groups is 1. The predicted molar refractivity (Wildman–Crippen MR) is 48.4 cm³/mol. The van der Waals surface area contributed by atoms with Crippen LogP contribution in [0.15, 0.2) is 21.3 Å². The number of nitrogens with zero attached hydrogens (tertiary/aromatic N) is 1. The van der Waals surface area contributed by atoms with Crippen molar-refractivity contribution < 1.29 is 18.7 Å². The summed E-state index contributed by atoms with van der Waals surface area (Å²) >= 11 is 0. The summed E-state index contributed by atoms with van der Waals surface area (Å²) in [5, 5.41) is 8.68. The van der Waals surface area contributed by atoms with E-state index in [1.165, 1.54) is 13.1 Å². The van der Waals surface area contributed by atoms with Crippen LogP contribution >= 0.6 is 0 Å². The largest absolute Gasteiger partial charge is 0.478 e. The van der Waals surface area contributed by atoms with Gasteiger partial charge in [0.2, 0.25) is 0 Å². The van der Waals surface area contributed by atoms with Gasteiger partial charge in [-0.15, -0.1) is 0 Å². The number of hydrogen-bond acceptors (Lipinski definition) is 3. The molecule has 0 aliphatic heterocycles. The molecule has 0 radical (unpaired) electrons. The summed E-state index contributed by atoms with van der Waals surface area (Å²) in [6.07, 6.45) is 0. The molecule has 0 saturated carbocycles. The van der Waals surface area contributed by atoms with Gasteiger partial charge in [0.15, 0.2) is 11.4 Å². The number of oxazole rings is 1. The van der Waals surface area contributed by atoms with E-state index in [1.807, 2.05) is 0 Å². The van der Waals surface area contributed by atoms with Gasteiger partial charge >= 0.3 is 11.7 Å². The van der Waals surface area contributed by atoms with Crippen LogP contribution in [-0.4, -0.2) is 15.6 Å². The molecule has 0 fully saturated rings. The van der Waals surface area contributed by atoms with Crippen molar-refractivity contribution in [2.24, 2.45) is 7.05 Å². The summed E-state index contributed by atoms with van der Waals surface area (Å²) in [5.74, 6) is -2.85. The fourth-order valence-electron chi connectivity index (χ4n) is 1.31. The van der Waals surface area contributed by atoms with E-state index in [4.69, 9.17) is 5.11 Å². The molecule has 1 heterocycles. The first-order valence-corrected chi connectivity index (χ1v) is 4.03. The average molecular weight is 211 g/mol. The molecule has 15 heavy (non-hydrogen) atoms. The molecule has 2 aromatic rings. The van der Waals surface area contributed by atoms with Crippen LogP contribution in [-0.2, 0) is 7.05 Å². The van der Waals surface area contributed by atoms with Crippen LogP contribution in [0.4, 0.5) is 4.39 Å². The first-order chi connectivity index (χ1) is 7.00. The zero-order valence-electron chi connectivity index (χ0n) is 7.65. The van der Waals surface area contributed by atoms with Crippen molar-refractivity contribution >= 4 is 17.1 Å². The molecule has 1 aromatic heterocycles. The summed E-state index contributed by atoms with van der Waals surface area (Å²) in [6.45, 7) is 0. The molecule has 0 saturated heterocycles. The third-order valence-electron chi connectivity index (χ3n) is 2.10. The van der Waals surface area contributed by atoms with Gasteiger partial charge in [0.05, 0.1) is 11.1 Å². The highest BCUT2D eigenvalue weighted by Gasteiger charge is 2.15. The first-order valence-electron chi connectivity index (χ1n) is 4.03. The van der Waals surface area contributed by atoms with Crippen LogP contribution in [0.25, 0.3) is 11.1 Å². The molecule has 78 valence electrons. The van der Waals surface area contributed by atoms with Crippen molar-refractivity contribution in [1.82, 2.24) is 4.57 Å². The monoisotopic (exact) mass is 211 g/mol. The molecule has 0 amide bonds. The number of aromatic nitrogens is 1. The van der Waals surface area contributed by atoms with Crippen molar-refractivity contribution in [3.05, 3.63) is 34.1 Å². The van der Waals surface area contributed by atoms with Gasteiger partial charge in [-0.2, -0.15) is 0 Å². The number of carboxylic acid groups (broad SMARTS) is 1. The maximum atomic E-state index is 13.3. The Bertz CT molecular complexity index is 610. The van der Waals surface area contributed by atoms with Crippen LogP contribution in [0.2, 0.25) is 0 Å². The number of aryl methyl sites for hydroxylation is 1. The Kier molecular flexibility index (Phi) is 1.85. The Hall–Kier alpha value is -2.11. The molecule has 1 N–H and O–H groups in total. The minimum absolute atomic E-state index is 0.123. The van der Waals surface area contributed by atoms with Crippen molar-refractivity contribution in [3.8, 4) is 0 Å². The second-order valence-corrected chi connectivity index (χ2v) is 3.04. The van der Waals surface area contributed by atoms with Gasteiger partial charge in [0.1, 0.15) is 0 Å². The average Bonchev–Trinajstić information content (AvgIpc) is 2.45. The van der Waals surface area contributed by atoms with Crippen LogP contribution in [0.3, 0.4) is 0 Å². The number of carboxylic acids is 1.